The Bertz CT molecular complexity index is 8.00. The van der Waals surface area contributed by atoms with Crippen LogP contribution in [-0.2, 0) is 40.3 Å². The molecular formula is H5AlOTiV. The molecule has 23 valence electrons. The van der Waals surface area contributed by atoms with E-state index in [0.29, 0.717) is 0 Å². The van der Waals surface area contributed by atoms with E-state index in [4.69, 9.17) is 0 Å². The van der Waals surface area contributed by atoms with Crippen LogP contribution in [-0.4, -0.2) is 22.8 Å². The van der Waals surface area contributed by atoms with Gasteiger partial charge in [-0.15, -0.1) is 0 Å². The predicted molar refractivity (Wildman–Crippen MR) is 13.6 cm³/mol. The Balaban J connectivity index is 0. The Kier molecular flexibility index (Phi) is 222. The zero-order valence-corrected chi connectivity index (χ0v) is 4.41. The first-order chi connectivity index (χ1) is 0. The van der Waals surface area contributed by atoms with E-state index in [1.807, 2.05) is 0 Å². The van der Waals surface area contributed by atoms with Gasteiger partial charge in [-0.2, -0.15) is 0 Å². The van der Waals surface area contributed by atoms with E-state index < -0.39 is 0 Å². The molecule has 0 aromatic heterocycles. The number of rotatable bonds is 0. The Labute approximate surface area is 62.7 Å². The molecule has 2 N–H and O–H groups in total. The van der Waals surface area contributed by atoms with Gasteiger partial charge in [-0.05, 0) is 0 Å². The summed E-state index contributed by atoms with van der Waals surface area (Å²) in [6, 6.07) is 0. The van der Waals surface area contributed by atoms with Crippen molar-refractivity contribution in [2.75, 3.05) is 0 Å². The van der Waals surface area contributed by atoms with Crippen LogP contribution >= 0.6 is 0 Å². The van der Waals surface area contributed by atoms with Crippen molar-refractivity contribution in [1.29, 1.82) is 0 Å². The van der Waals surface area contributed by atoms with Crippen molar-refractivity contribution < 1.29 is 45.7 Å². The normalized spacial score (nSPS) is 0. The summed E-state index contributed by atoms with van der Waals surface area (Å²) in [5.41, 5.74) is 0. The van der Waals surface area contributed by atoms with Crippen LogP contribution in [0.3, 0.4) is 0 Å². The molecule has 4 heteroatoms. The summed E-state index contributed by atoms with van der Waals surface area (Å²) in [7, 11) is 0. The summed E-state index contributed by atoms with van der Waals surface area (Å²) < 4.78 is 0. The van der Waals surface area contributed by atoms with E-state index >= 15 is 0 Å². The molecule has 0 spiro atoms. The van der Waals surface area contributed by atoms with E-state index in [2.05, 4.69) is 0 Å². The smallest absolute Gasteiger partial charge is 0.187 e. The van der Waals surface area contributed by atoms with E-state index in [1.165, 1.54) is 0 Å². The molecule has 0 rings (SSSR count). The monoisotopic (exact) mass is 147 g/mol. The van der Waals surface area contributed by atoms with Crippen LogP contribution in [0.2, 0.25) is 0 Å². The third-order valence-corrected chi connectivity index (χ3v) is 0. The van der Waals surface area contributed by atoms with E-state index in [-0.39, 0.29) is 63.1 Å². The van der Waals surface area contributed by atoms with Crippen molar-refractivity contribution in [3.05, 3.63) is 0 Å². The fraction of sp³-hybridized carbons (Fsp3) is 0. The van der Waals surface area contributed by atoms with Gasteiger partial charge in [-0.3, -0.25) is 0 Å². The summed E-state index contributed by atoms with van der Waals surface area (Å²) >= 11 is 0. The van der Waals surface area contributed by atoms with E-state index in [9.17, 15) is 0 Å². The molecule has 0 amide bonds. The van der Waals surface area contributed by atoms with Crippen molar-refractivity contribution in [3.63, 3.8) is 0 Å². The minimum absolute atomic E-state index is 0. The van der Waals surface area contributed by atoms with Crippen LogP contribution in [0.5, 0.6) is 0 Å². The first-order valence-corrected chi connectivity index (χ1v) is 0. The second kappa shape index (κ2) is 21.5. The third kappa shape index (κ3) is 9.21. The summed E-state index contributed by atoms with van der Waals surface area (Å²) in [4.78, 5) is 0. The fourth-order valence-corrected chi connectivity index (χ4v) is 0. The third-order valence-electron chi connectivity index (χ3n) is 0. The van der Waals surface area contributed by atoms with Gasteiger partial charge in [-0.25, -0.2) is 0 Å². The largest absolute Gasteiger partial charge is 0.412 e. The van der Waals surface area contributed by atoms with Gasteiger partial charge in [0.15, 0.2) is 17.4 Å². The minimum atomic E-state index is 0. The summed E-state index contributed by atoms with van der Waals surface area (Å²) in [5.74, 6) is 0. The Hall–Kier alpha value is 1.79. The molecule has 1 radical (unpaired) electrons. The maximum Gasteiger partial charge on any atom is 0.187 e. The van der Waals surface area contributed by atoms with Crippen molar-refractivity contribution in [2.24, 2.45) is 0 Å². The molecule has 0 aliphatic heterocycles. The molecule has 0 heterocycles. The van der Waals surface area contributed by atoms with Crippen LogP contribution in [0.15, 0.2) is 0 Å². The van der Waals surface area contributed by atoms with Gasteiger partial charge in [0, 0.05) is 40.3 Å². The topological polar surface area (TPSA) is 31.5 Å². The van der Waals surface area contributed by atoms with E-state index in [0.717, 1.165) is 0 Å². The Morgan fingerprint density at radius 1 is 1.00 bits per heavy atom. The maximum absolute atomic E-state index is 0. The molecule has 0 aliphatic rings. The number of hydrogen-bond donors (Lipinski definition) is 0. The molecule has 0 fully saturated rings. The van der Waals surface area contributed by atoms with Gasteiger partial charge in [-0.1, -0.05) is 0 Å². The predicted octanol–water partition coefficient (Wildman–Crippen LogP) is -2.01. The second-order valence-corrected chi connectivity index (χ2v) is 0. The first-order valence-electron chi connectivity index (χ1n) is 0. The van der Waals surface area contributed by atoms with Crippen molar-refractivity contribution in [1.82, 2.24) is 0 Å². The Morgan fingerprint density at radius 3 is 1.00 bits per heavy atom. The van der Waals surface area contributed by atoms with Crippen molar-refractivity contribution >= 4 is 17.4 Å². The quantitative estimate of drug-likeness (QED) is 0.354. The van der Waals surface area contributed by atoms with Gasteiger partial charge in [0.25, 0.3) is 0 Å². The Morgan fingerprint density at radius 2 is 1.00 bits per heavy atom. The maximum atomic E-state index is 0. The van der Waals surface area contributed by atoms with Crippen molar-refractivity contribution in [2.45, 2.75) is 0 Å². The number of hydrogen-bond acceptors (Lipinski definition) is 0. The van der Waals surface area contributed by atoms with E-state index in [1.54, 1.807) is 0 Å². The summed E-state index contributed by atoms with van der Waals surface area (Å²) in [6.07, 6.45) is 0. The summed E-state index contributed by atoms with van der Waals surface area (Å²) in [6.45, 7) is 0. The van der Waals surface area contributed by atoms with Crippen LogP contribution in [0.4, 0.5) is 0 Å². The fourth-order valence-electron chi connectivity index (χ4n) is 0. The van der Waals surface area contributed by atoms with Gasteiger partial charge >= 0.3 is 0 Å². The van der Waals surface area contributed by atoms with Crippen LogP contribution in [0.25, 0.3) is 0 Å². The second-order valence-electron chi connectivity index (χ2n) is 0. The van der Waals surface area contributed by atoms with Gasteiger partial charge < -0.3 is 5.48 Å². The molecule has 4 heavy (non-hydrogen) atoms. The molecule has 0 bridgehead atoms. The minimum Gasteiger partial charge on any atom is -0.412 e. The zero-order valence-electron chi connectivity index (χ0n) is 1.45. The summed E-state index contributed by atoms with van der Waals surface area (Å²) in [5, 5.41) is 0. The molecule has 0 aromatic carbocycles. The van der Waals surface area contributed by atoms with Crippen LogP contribution < -0.4 is 0 Å². The van der Waals surface area contributed by atoms with Gasteiger partial charge in [0.2, 0.25) is 0 Å². The molecule has 1 nitrogen and oxygen atoms in total. The standard InChI is InChI=1S/Al.H2O.Ti.V.3H/h;1H2;;;;;. The molecule has 0 unspecified atom stereocenters. The molecule has 0 saturated carbocycles. The first kappa shape index (κ1) is 41.4. The zero-order chi connectivity index (χ0) is 0. The molecule has 0 aliphatic carbocycles. The molecule has 0 atom stereocenters. The average Bonchev–Trinajstić information content (AvgIpc) is 0. The SMILES string of the molecule is O.[AlH3].[Ti].[V]. The molecule has 0 saturated heterocycles. The van der Waals surface area contributed by atoms with Crippen LogP contribution in [0.1, 0.15) is 0 Å². The molecule has 0 aromatic rings. The van der Waals surface area contributed by atoms with Crippen LogP contribution in [0, 0.1) is 0 Å². The average molecular weight is 147 g/mol. The van der Waals surface area contributed by atoms with Gasteiger partial charge in [0.05, 0.1) is 0 Å². The van der Waals surface area contributed by atoms with Crippen molar-refractivity contribution in [3.8, 4) is 0 Å². The molecular weight excluding hydrogens is 142 g/mol. The van der Waals surface area contributed by atoms with Gasteiger partial charge in [0.1, 0.15) is 0 Å².